The highest BCUT2D eigenvalue weighted by molar-refractivity contribution is 6.31. The molecule has 3 aliphatic rings. The average Bonchev–Trinajstić information content (AvgIpc) is 3.38. The van der Waals surface area contributed by atoms with E-state index < -0.39 is 17.4 Å². The number of hydrogen-bond acceptors (Lipinski definition) is 4. The lowest BCUT2D eigenvalue weighted by Gasteiger charge is -2.38. The molecule has 0 aliphatic carbocycles. The highest BCUT2D eigenvalue weighted by atomic mass is 35.5. The number of aromatic nitrogens is 1. The molecule has 7 nitrogen and oxygen atoms in total. The zero-order valence-corrected chi connectivity index (χ0v) is 20.4. The van der Waals surface area contributed by atoms with Crippen LogP contribution in [0.5, 0.6) is 0 Å². The average molecular weight is 510 g/mol. The lowest BCUT2D eigenvalue weighted by molar-refractivity contribution is -0.0389. The number of piperidine rings is 2. The van der Waals surface area contributed by atoms with Gasteiger partial charge in [-0.05, 0) is 43.5 Å². The van der Waals surface area contributed by atoms with E-state index in [9.17, 15) is 18.8 Å². The number of H-pyrrole nitrogens is 1. The number of halogens is 2. The van der Waals surface area contributed by atoms with Crippen LogP contribution in [0.2, 0.25) is 5.02 Å². The maximum atomic E-state index is 13.9. The summed E-state index contributed by atoms with van der Waals surface area (Å²) < 4.78 is 19.4. The smallest absolute Gasteiger partial charge is 0.339 e. The molecule has 0 atom stereocenters. The minimum atomic E-state index is -0.864. The van der Waals surface area contributed by atoms with Gasteiger partial charge in [0.25, 0.3) is 11.8 Å². The number of nitrogens with one attached hydrogen (secondary N) is 1. The second kappa shape index (κ2) is 8.62. The highest BCUT2D eigenvalue weighted by Crippen LogP contribution is 2.44. The van der Waals surface area contributed by atoms with E-state index in [1.54, 1.807) is 34.1 Å². The molecule has 6 rings (SSSR count). The summed E-state index contributed by atoms with van der Waals surface area (Å²) in [4.78, 5) is 46.4. The van der Waals surface area contributed by atoms with Crippen molar-refractivity contribution in [1.29, 1.82) is 0 Å². The van der Waals surface area contributed by atoms with Gasteiger partial charge < -0.3 is 19.5 Å². The van der Waals surface area contributed by atoms with E-state index in [1.165, 1.54) is 12.1 Å². The molecule has 2 amide bonds. The van der Waals surface area contributed by atoms with Crippen molar-refractivity contribution in [3.05, 3.63) is 69.6 Å². The molecule has 186 valence electrons. The first kappa shape index (κ1) is 23.0. The van der Waals surface area contributed by atoms with Gasteiger partial charge >= 0.3 is 5.97 Å². The Kier molecular flexibility index (Phi) is 5.52. The molecule has 3 aliphatic heterocycles. The minimum absolute atomic E-state index is 0.181. The molecule has 0 radical (unpaired) electrons. The number of esters is 1. The lowest BCUT2D eigenvalue weighted by atomic mass is 9.83. The Balaban J connectivity index is 1.31. The van der Waals surface area contributed by atoms with Gasteiger partial charge in [0, 0.05) is 60.5 Å². The van der Waals surface area contributed by atoms with Crippen LogP contribution in [0.4, 0.5) is 4.39 Å². The van der Waals surface area contributed by atoms with E-state index in [1.807, 2.05) is 0 Å². The number of aromatic amines is 1. The number of rotatable bonds is 2. The molecule has 0 bridgehead atoms. The third-order valence-electron chi connectivity index (χ3n) is 7.67. The summed E-state index contributed by atoms with van der Waals surface area (Å²) in [7, 11) is 0. The maximum absolute atomic E-state index is 13.9. The summed E-state index contributed by atoms with van der Waals surface area (Å²) in [6.07, 6.45) is 3.77. The van der Waals surface area contributed by atoms with Gasteiger partial charge in [-0.1, -0.05) is 23.7 Å². The van der Waals surface area contributed by atoms with Crippen molar-refractivity contribution in [3.8, 4) is 0 Å². The molecule has 0 unspecified atom stereocenters. The second-order valence-corrected chi connectivity index (χ2v) is 10.2. The lowest BCUT2D eigenvalue weighted by Crippen LogP contribution is -2.46. The highest BCUT2D eigenvalue weighted by Gasteiger charge is 2.48. The van der Waals surface area contributed by atoms with Gasteiger partial charge in [-0.15, -0.1) is 0 Å². The number of carbonyl (C=O) groups is 3. The van der Waals surface area contributed by atoms with Gasteiger partial charge in [-0.2, -0.15) is 0 Å². The van der Waals surface area contributed by atoms with Crippen molar-refractivity contribution in [1.82, 2.24) is 14.8 Å². The largest absolute Gasteiger partial charge is 0.450 e. The van der Waals surface area contributed by atoms with Crippen molar-refractivity contribution in [2.75, 3.05) is 26.2 Å². The van der Waals surface area contributed by atoms with Crippen LogP contribution >= 0.6 is 11.6 Å². The van der Waals surface area contributed by atoms with Crippen molar-refractivity contribution in [2.24, 2.45) is 0 Å². The molecule has 2 aromatic carbocycles. The Bertz CT molecular complexity index is 1400. The molecule has 2 fully saturated rings. The molecule has 0 saturated carbocycles. The fraction of sp³-hybridized carbons (Fsp3) is 0.370. The van der Waals surface area contributed by atoms with Gasteiger partial charge in [0.1, 0.15) is 17.1 Å². The summed E-state index contributed by atoms with van der Waals surface area (Å²) in [6.45, 7) is 2.00. The predicted octanol–water partition coefficient (Wildman–Crippen LogP) is 4.89. The van der Waals surface area contributed by atoms with Crippen LogP contribution in [-0.4, -0.2) is 58.7 Å². The van der Waals surface area contributed by atoms with Crippen LogP contribution in [0, 0.1) is 5.82 Å². The minimum Gasteiger partial charge on any atom is -0.450 e. The Hall–Kier alpha value is -3.39. The summed E-state index contributed by atoms with van der Waals surface area (Å²) in [5.41, 5.74) is 1.32. The zero-order valence-electron chi connectivity index (χ0n) is 19.6. The van der Waals surface area contributed by atoms with Crippen LogP contribution in [0.15, 0.2) is 36.4 Å². The molecule has 3 aromatic rings. The summed E-state index contributed by atoms with van der Waals surface area (Å²) in [5.74, 6) is -1.45. The topological polar surface area (TPSA) is 82.7 Å². The Morgan fingerprint density at radius 1 is 0.944 bits per heavy atom. The number of amides is 2. The Morgan fingerprint density at radius 2 is 1.67 bits per heavy atom. The second-order valence-electron chi connectivity index (χ2n) is 9.78. The number of ether oxygens (including phenoxy) is 1. The molecule has 2 saturated heterocycles. The van der Waals surface area contributed by atoms with Crippen molar-refractivity contribution >= 4 is 40.3 Å². The molecule has 9 heteroatoms. The van der Waals surface area contributed by atoms with Crippen molar-refractivity contribution < 1.29 is 23.5 Å². The number of benzene rings is 2. The Labute approximate surface area is 212 Å². The normalized spacial score (nSPS) is 19.0. The molecule has 36 heavy (non-hydrogen) atoms. The summed E-state index contributed by atoms with van der Waals surface area (Å²) >= 11 is 6.19. The fourth-order valence-corrected chi connectivity index (χ4v) is 5.95. The standard InChI is InChI=1S/C27H25ClFN3O4/c28-16-4-6-18-21(14-16)30-23(25(34)31-10-2-1-3-11-31)22(18)24(33)32-12-8-27(9-13-32)20-7-5-17(29)15-19(20)26(35)36-27/h4-7,14-15,30H,1-3,8-13H2. The number of fused-ring (bicyclic) bond motifs is 3. The number of likely N-dealkylation sites (tertiary alicyclic amines) is 2. The summed E-state index contributed by atoms with van der Waals surface area (Å²) in [6, 6.07) is 9.34. The van der Waals surface area contributed by atoms with Crippen LogP contribution in [0.1, 0.15) is 68.9 Å². The molecule has 1 aromatic heterocycles. The van der Waals surface area contributed by atoms with Gasteiger partial charge in [-0.3, -0.25) is 9.59 Å². The molecular formula is C27H25ClFN3O4. The van der Waals surface area contributed by atoms with Gasteiger partial charge in [0.2, 0.25) is 0 Å². The SMILES string of the molecule is O=C1OC2(CCN(C(=O)c3c(C(=O)N4CCCCC4)[nH]c4cc(Cl)ccc34)CC2)c2ccc(F)cc21. The third-order valence-corrected chi connectivity index (χ3v) is 7.91. The van der Waals surface area contributed by atoms with Crippen LogP contribution < -0.4 is 0 Å². The number of hydrogen-bond donors (Lipinski definition) is 1. The molecule has 4 heterocycles. The van der Waals surface area contributed by atoms with E-state index >= 15 is 0 Å². The van der Waals surface area contributed by atoms with Gasteiger partial charge in [-0.25, -0.2) is 9.18 Å². The monoisotopic (exact) mass is 509 g/mol. The molecule has 1 spiro atoms. The Morgan fingerprint density at radius 3 is 2.42 bits per heavy atom. The first-order valence-electron chi connectivity index (χ1n) is 12.3. The van der Waals surface area contributed by atoms with E-state index in [0.29, 0.717) is 66.1 Å². The van der Waals surface area contributed by atoms with Gasteiger partial charge in [0.15, 0.2) is 0 Å². The first-order valence-corrected chi connectivity index (χ1v) is 12.7. The number of carbonyl (C=O) groups excluding carboxylic acids is 3. The number of nitrogens with zero attached hydrogens (tertiary/aromatic N) is 2. The summed E-state index contributed by atoms with van der Waals surface area (Å²) in [5, 5.41) is 1.16. The van der Waals surface area contributed by atoms with E-state index in [4.69, 9.17) is 16.3 Å². The molecule has 1 N–H and O–H groups in total. The third kappa shape index (κ3) is 3.66. The van der Waals surface area contributed by atoms with Crippen LogP contribution in [0.25, 0.3) is 10.9 Å². The zero-order chi connectivity index (χ0) is 25.0. The van der Waals surface area contributed by atoms with Crippen molar-refractivity contribution in [3.63, 3.8) is 0 Å². The predicted molar refractivity (Wildman–Crippen MR) is 132 cm³/mol. The van der Waals surface area contributed by atoms with Crippen LogP contribution in [0.3, 0.4) is 0 Å². The van der Waals surface area contributed by atoms with Crippen LogP contribution in [-0.2, 0) is 10.3 Å². The maximum Gasteiger partial charge on any atom is 0.339 e. The van der Waals surface area contributed by atoms with E-state index in [2.05, 4.69) is 4.98 Å². The van der Waals surface area contributed by atoms with E-state index in [0.717, 1.165) is 19.3 Å². The quantitative estimate of drug-likeness (QED) is 0.499. The first-order chi connectivity index (χ1) is 17.4. The van der Waals surface area contributed by atoms with Crippen molar-refractivity contribution in [2.45, 2.75) is 37.7 Å². The van der Waals surface area contributed by atoms with E-state index in [-0.39, 0.29) is 23.1 Å². The van der Waals surface area contributed by atoms with Gasteiger partial charge in [0.05, 0.1) is 11.1 Å². The fourth-order valence-electron chi connectivity index (χ4n) is 5.78. The molecular weight excluding hydrogens is 485 g/mol.